The first-order valence-corrected chi connectivity index (χ1v) is 5.88. The smallest absolute Gasteiger partial charge is 0.131 e. The van der Waals surface area contributed by atoms with Gasteiger partial charge < -0.3 is 4.74 Å². The van der Waals surface area contributed by atoms with E-state index in [4.69, 9.17) is 16.3 Å². The van der Waals surface area contributed by atoms with Gasteiger partial charge in [-0.3, -0.25) is 0 Å². The number of rotatable bonds is 2. The maximum absolute atomic E-state index is 13.6. The maximum atomic E-state index is 13.6. The van der Waals surface area contributed by atoms with Gasteiger partial charge in [-0.25, -0.2) is 8.78 Å². The quantitative estimate of drug-likeness (QED) is 0.724. The van der Waals surface area contributed by atoms with E-state index >= 15 is 0 Å². The molecule has 0 amide bonds. The monoisotopic (exact) mass is 246 g/mol. The molecule has 2 atom stereocenters. The van der Waals surface area contributed by atoms with Crippen LogP contribution in [-0.4, -0.2) is 12.5 Å². The van der Waals surface area contributed by atoms with Gasteiger partial charge in [-0.2, -0.15) is 0 Å². The number of hydrogen-bond donors (Lipinski definition) is 0. The van der Waals surface area contributed by atoms with Gasteiger partial charge in [0.1, 0.15) is 11.6 Å². The van der Waals surface area contributed by atoms with Gasteiger partial charge in [-0.1, -0.05) is 6.07 Å². The predicted octanol–water partition coefficient (Wildman–Crippen LogP) is 3.67. The molecule has 1 aromatic carbocycles. The lowest BCUT2D eigenvalue weighted by molar-refractivity contribution is -0.0228. The molecule has 1 aliphatic heterocycles. The van der Waals surface area contributed by atoms with Crippen LogP contribution in [0.5, 0.6) is 0 Å². The first kappa shape index (κ1) is 11.8. The van der Waals surface area contributed by atoms with Gasteiger partial charge in [0, 0.05) is 30.0 Å². The molecule has 0 saturated carbocycles. The molecule has 0 radical (unpaired) electrons. The molecule has 0 aromatic heterocycles. The van der Waals surface area contributed by atoms with Crippen LogP contribution in [0.15, 0.2) is 18.2 Å². The maximum Gasteiger partial charge on any atom is 0.131 e. The second-order valence-electron chi connectivity index (χ2n) is 4.01. The average Bonchev–Trinajstić information content (AvgIpc) is 2.29. The highest BCUT2D eigenvalue weighted by atomic mass is 35.5. The normalized spacial score (nSPS) is 25.7. The Morgan fingerprint density at radius 3 is 2.88 bits per heavy atom. The van der Waals surface area contributed by atoms with Gasteiger partial charge in [0.05, 0.1) is 6.10 Å². The van der Waals surface area contributed by atoms with E-state index in [1.807, 2.05) is 0 Å². The summed E-state index contributed by atoms with van der Waals surface area (Å²) in [7, 11) is 0. The summed E-state index contributed by atoms with van der Waals surface area (Å²) in [6.07, 6.45) is 1.52. The van der Waals surface area contributed by atoms with E-state index in [9.17, 15) is 8.78 Å². The molecule has 0 aliphatic carbocycles. The molecule has 2 rings (SSSR count). The van der Waals surface area contributed by atoms with E-state index in [1.54, 1.807) is 0 Å². The Balaban J connectivity index is 2.27. The van der Waals surface area contributed by atoms with Gasteiger partial charge in [0.2, 0.25) is 0 Å². The third-order valence-electron chi connectivity index (χ3n) is 2.91. The van der Waals surface area contributed by atoms with Crippen molar-refractivity contribution in [2.24, 2.45) is 5.92 Å². The SMILES string of the molecule is Fc1ccc(C2OCCCC2CCl)c(F)c1. The third kappa shape index (κ3) is 2.36. The lowest BCUT2D eigenvalue weighted by Crippen LogP contribution is -2.24. The molecule has 1 nitrogen and oxygen atoms in total. The molecule has 1 aromatic rings. The lowest BCUT2D eigenvalue weighted by atomic mass is 9.91. The molecule has 0 bridgehead atoms. The van der Waals surface area contributed by atoms with E-state index in [0.717, 1.165) is 18.9 Å². The molecule has 1 fully saturated rings. The highest BCUT2D eigenvalue weighted by molar-refractivity contribution is 6.18. The average molecular weight is 247 g/mol. The standard InChI is InChI=1S/C12H13ClF2O/c13-7-8-2-1-5-16-12(8)10-4-3-9(14)6-11(10)15/h3-4,6,8,12H,1-2,5,7H2. The molecule has 4 heteroatoms. The molecule has 16 heavy (non-hydrogen) atoms. The summed E-state index contributed by atoms with van der Waals surface area (Å²) < 4.78 is 31.9. The van der Waals surface area contributed by atoms with Crippen LogP contribution in [0.3, 0.4) is 0 Å². The Kier molecular flexibility index (Phi) is 3.77. The highest BCUT2D eigenvalue weighted by Gasteiger charge is 2.28. The van der Waals surface area contributed by atoms with Crippen molar-refractivity contribution in [1.29, 1.82) is 0 Å². The fraction of sp³-hybridized carbons (Fsp3) is 0.500. The van der Waals surface area contributed by atoms with Crippen molar-refractivity contribution in [2.45, 2.75) is 18.9 Å². The lowest BCUT2D eigenvalue weighted by Gasteiger charge is -2.30. The third-order valence-corrected chi connectivity index (χ3v) is 3.31. The topological polar surface area (TPSA) is 9.23 Å². The number of ether oxygens (including phenoxy) is 1. The Morgan fingerprint density at radius 1 is 1.38 bits per heavy atom. The Bertz CT molecular complexity index is 370. The van der Waals surface area contributed by atoms with Crippen molar-refractivity contribution >= 4 is 11.6 Å². The zero-order valence-electron chi connectivity index (χ0n) is 8.76. The Labute approximate surface area is 98.4 Å². The molecular weight excluding hydrogens is 234 g/mol. The van der Waals surface area contributed by atoms with Crippen molar-refractivity contribution in [3.05, 3.63) is 35.4 Å². The van der Waals surface area contributed by atoms with E-state index in [1.165, 1.54) is 12.1 Å². The van der Waals surface area contributed by atoms with Gasteiger partial charge in [0.25, 0.3) is 0 Å². The largest absolute Gasteiger partial charge is 0.373 e. The van der Waals surface area contributed by atoms with E-state index in [-0.39, 0.29) is 12.0 Å². The first-order chi connectivity index (χ1) is 7.72. The van der Waals surface area contributed by atoms with Gasteiger partial charge >= 0.3 is 0 Å². The number of halogens is 3. The predicted molar refractivity (Wildman–Crippen MR) is 58.5 cm³/mol. The first-order valence-electron chi connectivity index (χ1n) is 5.35. The van der Waals surface area contributed by atoms with Crippen LogP contribution in [0, 0.1) is 17.6 Å². The second-order valence-corrected chi connectivity index (χ2v) is 4.32. The van der Waals surface area contributed by atoms with Crippen molar-refractivity contribution in [3.8, 4) is 0 Å². The van der Waals surface area contributed by atoms with Crippen molar-refractivity contribution in [1.82, 2.24) is 0 Å². The molecule has 2 unspecified atom stereocenters. The van der Waals surface area contributed by atoms with Crippen LogP contribution in [0.4, 0.5) is 8.78 Å². The van der Waals surface area contributed by atoms with Crippen LogP contribution in [-0.2, 0) is 4.74 Å². The summed E-state index contributed by atoms with van der Waals surface area (Å²) >= 11 is 5.83. The molecule has 0 spiro atoms. The molecule has 1 saturated heterocycles. The fourth-order valence-electron chi connectivity index (χ4n) is 2.08. The minimum absolute atomic E-state index is 0.107. The Morgan fingerprint density at radius 2 is 2.19 bits per heavy atom. The fourth-order valence-corrected chi connectivity index (χ4v) is 2.39. The minimum Gasteiger partial charge on any atom is -0.373 e. The molecule has 88 valence electrons. The van der Waals surface area contributed by atoms with Crippen molar-refractivity contribution < 1.29 is 13.5 Å². The molecule has 0 N–H and O–H groups in total. The van der Waals surface area contributed by atoms with Crippen molar-refractivity contribution in [3.63, 3.8) is 0 Å². The van der Waals surface area contributed by atoms with Crippen LogP contribution in [0.25, 0.3) is 0 Å². The van der Waals surface area contributed by atoms with Crippen LogP contribution < -0.4 is 0 Å². The molecule has 1 heterocycles. The summed E-state index contributed by atoms with van der Waals surface area (Å²) in [4.78, 5) is 0. The summed E-state index contributed by atoms with van der Waals surface area (Å²) in [6, 6.07) is 3.58. The van der Waals surface area contributed by atoms with Crippen LogP contribution in [0.2, 0.25) is 0 Å². The number of benzene rings is 1. The molecular formula is C12H13ClF2O. The zero-order valence-corrected chi connectivity index (χ0v) is 9.51. The second kappa shape index (κ2) is 5.11. The molecule has 1 aliphatic rings. The summed E-state index contributed by atoms with van der Waals surface area (Å²) in [5.74, 6) is -0.585. The van der Waals surface area contributed by atoms with Gasteiger partial charge in [-0.05, 0) is 18.9 Å². The number of hydrogen-bond acceptors (Lipinski definition) is 1. The van der Waals surface area contributed by atoms with Gasteiger partial charge in [0.15, 0.2) is 0 Å². The van der Waals surface area contributed by atoms with Gasteiger partial charge in [-0.15, -0.1) is 11.6 Å². The summed E-state index contributed by atoms with van der Waals surface area (Å²) in [5, 5.41) is 0. The van der Waals surface area contributed by atoms with E-state index in [0.29, 0.717) is 18.1 Å². The number of alkyl halides is 1. The van der Waals surface area contributed by atoms with E-state index in [2.05, 4.69) is 0 Å². The van der Waals surface area contributed by atoms with E-state index < -0.39 is 11.6 Å². The summed E-state index contributed by atoms with van der Waals surface area (Å²) in [6.45, 7) is 0.606. The highest BCUT2D eigenvalue weighted by Crippen LogP contribution is 2.35. The van der Waals surface area contributed by atoms with Crippen molar-refractivity contribution in [2.75, 3.05) is 12.5 Å². The summed E-state index contributed by atoms with van der Waals surface area (Å²) in [5.41, 5.74) is 0.409. The zero-order chi connectivity index (χ0) is 11.5. The Hall–Kier alpha value is -0.670. The minimum atomic E-state index is -0.570. The van der Waals surface area contributed by atoms with Crippen LogP contribution in [0.1, 0.15) is 24.5 Å². The van der Waals surface area contributed by atoms with Crippen LogP contribution >= 0.6 is 11.6 Å².